The number of anilines is 1. The van der Waals surface area contributed by atoms with E-state index in [9.17, 15) is 4.79 Å². The zero-order valence-corrected chi connectivity index (χ0v) is 19.4. The number of aromatic nitrogens is 1. The van der Waals surface area contributed by atoms with Gasteiger partial charge in [-0.1, -0.05) is 36.4 Å². The van der Waals surface area contributed by atoms with E-state index in [1.165, 1.54) is 10.8 Å². The number of rotatable bonds is 5. The first kappa shape index (κ1) is 20.9. The molecule has 2 aliphatic rings. The molecule has 0 atom stereocenters. The van der Waals surface area contributed by atoms with Crippen LogP contribution in [0.4, 0.5) is 5.69 Å². The Morgan fingerprint density at radius 2 is 1.68 bits per heavy atom. The smallest absolute Gasteiger partial charge is 0.231 e. The highest BCUT2D eigenvalue weighted by Gasteiger charge is 2.33. The number of ether oxygens (including phenoxy) is 3. The molecule has 0 saturated carbocycles. The van der Waals surface area contributed by atoms with Crippen molar-refractivity contribution in [2.45, 2.75) is 25.9 Å². The van der Waals surface area contributed by atoms with Crippen molar-refractivity contribution in [3.63, 3.8) is 0 Å². The topological polar surface area (TPSA) is 65.0 Å². The number of nitrogens with zero attached hydrogens (tertiary/aromatic N) is 2. The second kappa shape index (κ2) is 8.25. The Morgan fingerprint density at radius 1 is 1.00 bits per heavy atom. The Labute approximate surface area is 197 Å². The second-order valence-electron chi connectivity index (χ2n) is 8.90. The van der Waals surface area contributed by atoms with Crippen LogP contribution in [0.2, 0.25) is 0 Å². The van der Waals surface area contributed by atoms with Crippen LogP contribution in [0.15, 0.2) is 48.5 Å². The molecule has 2 aliphatic heterocycles. The number of nitrogens with one attached hydrogen (secondary N) is 1. The molecule has 1 N–H and O–H groups in total. The van der Waals surface area contributed by atoms with Crippen molar-refractivity contribution in [1.82, 2.24) is 9.47 Å². The standard InChI is InChI=1S/C27H27N3O4/c1-29-13-11-19-20(15-29)25(32-2)27-26(33-16-34-27)24(19)28-23(31)12-14-30-21-9-5-3-7-17(21)18-8-4-6-10-22(18)30/h3-10H,11-16H2,1-2H3,(H,28,31). The molecule has 0 aliphatic carbocycles. The summed E-state index contributed by atoms with van der Waals surface area (Å²) < 4.78 is 19.5. The lowest BCUT2D eigenvalue weighted by molar-refractivity contribution is -0.116. The predicted molar refractivity (Wildman–Crippen MR) is 132 cm³/mol. The molecule has 7 heteroatoms. The molecular formula is C27H27N3O4. The first-order chi connectivity index (χ1) is 16.7. The summed E-state index contributed by atoms with van der Waals surface area (Å²) in [7, 11) is 3.73. The molecule has 4 aromatic rings. The van der Waals surface area contributed by atoms with Gasteiger partial charge in [0.2, 0.25) is 18.4 Å². The summed E-state index contributed by atoms with van der Waals surface area (Å²) >= 11 is 0. The van der Waals surface area contributed by atoms with Crippen LogP contribution in [0.5, 0.6) is 17.2 Å². The molecule has 0 unspecified atom stereocenters. The minimum atomic E-state index is -0.0501. The molecule has 7 nitrogen and oxygen atoms in total. The number of amides is 1. The number of carbonyl (C=O) groups is 1. The van der Waals surface area contributed by atoms with Crippen LogP contribution in [0.3, 0.4) is 0 Å². The van der Waals surface area contributed by atoms with Crippen LogP contribution in [0.1, 0.15) is 17.5 Å². The van der Waals surface area contributed by atoms with E-state index in [-0.39, 0.29) is 12.7 Å². The van der Waals surface area contributed by atoms with Crippen molar-refractivity contribution in [3.8, 4) is 17.2 Å². The summed E-state index contributed by atoms with van der Waals surface area (Å²) in [5.41, 5.74) is 5.13. The lowest BCUT2D eigenvalue weighted by Crippen LogP contribution is -2.28. The Bertz CT molecular complexity index is 1370. The first-order valence-electron chi connectivity index (χ1n) is 11.6. The van der Waals surface area contributed by atoms with Crippen LogP contribution in [-0.2, 0) is 24.3 Å². The van der Waals surface area contributed by atoms with Gasteiger partial charge in [0, 0.05) is 53.4 Å². The molecule has 1 aromatic heterocycles. The van der Waals surface area contributed by atoms with Gasteiger partial charge in [-0.3, -0.25) is 4.79 Å². The number of hydrogen-bond acceptors (Lipinski definition) is 5. The fourth-order valence-electron chi connectivity index (χ4n) is 5.30. The van der Waals surface area contributed by atoms with Crippen molar-refractivity contribution < 1.29 is 19.0 Å². The molecule has 0 spiro atoms. The van der Waals surface area contributed by atoms with Gasteiger partial charge in [-0.2, -0.15) is 0 Å². The average Bonchev–Trinajstić information content (AvgIpc) is 3.46. The molecule has 34 heavy (non-hydrogen) atoms. The normalized spacial score (nSPS) is 15.0. The highest BCUT2D eigenvalue weighted by Crippen LogP contribution is 2.52. The maximum Gasteiger partial charge on any atom is 0.231 e. The molecule has 3 heterocycles. The third-order valence-electron chi connectivity index (χ3n) is 6.87. The monoisotopic (exact) mass is 457 g/mol. The number of para-hydroxylation sites is 2. The van der Waals surface area contributed by atoms with E-state index in [0.717, 1.165) is 47.4 Å². The fourth-order valence-corrected chi connectivity index (χ4v) is 5.30. The van der Waals surface area contributed by atoms with Crippen molar-refractivity contribution >= 4 is 33.4 Å². The van der Waals surface area contributed by atoms with Gasteiger partial charge in [-0.05, 0) is 31.2 Å². The molecule has 3 aromatic carbocycles. The van der Waals surface area contributed by atoms with Crippen LogP contribution < -0.4 is 19.5 Å². The van der Waals surface area contributed by atoms with E-state index in [4.69, 9.17) is 14.2 Å². The fraction of sp³-hybridized carbons (Fsp3) is 0.296. The maximum atomic E-state index is 13.2. The van der Waals surface area contributed by atoms with E-state index in [0.29, 0.717) is 30.2 Å². The molecule has 1 amide bonds. The highest BCUT2D eigenvalue weighted by atomic mass is 16.7. The van der Waals surface area contributed by atoms with Gasteiger partial charge in [-0.25, -0.2) is 0 Å². The zero-order chi connectivity index (χ0) is 23.2. The number of methoxy groups -OCH3 is 1. The first-order valence-corrected chi connectivity index (χ1v) is 11.6. The summed E-state index contributed by atoms with van der Waals surface area (Å²) in [6.07, 6.45) is 1.15. The summed E-state index contributed by atoms with van der Waals surface area (Å²) in [6.45, 7) is 2.34. The van der Waals surface area contributed by atoms with Crippen LogP contribution in [0, 0.1) is 0 Å². The summed E-state index contributed by atoms with van der Waals surface area (Å²) in [6, 6.07) is 16.7. The molecule has 0 radical (unpaired) electrons. The number of carbonyl (C=O) groups excluding carboxylic acids is 1. The minimum absolute atomic E-state index is 0.0501. The molecule has 6 rings (SSSR count). The van der Waals surface area contributed by atoms with Crippen molar-refractivity contribution in [3.05, 3.63) is 59.7 Å². The molecule has 174 valence electrons. The number of hydrogen-bond donors (Lipinski definition) is 1. The summed E-state index contributed by atoms with van der Waals surface area (Å²) in [4.78, 5) is 15.5. The van der Waals surface area contributed by atoms with E-state index < -0.39 is 0 Å². The number of fused-ring (bicyclic) bond motifs is 5. The number of aryl methyl sites for hydroxylation is 1. The highest BCUT2D eigenvalue weighted by molar-refractivity contribution is 6.08. The summed E-state index contributed by atoms with van der Waals surface area (Å²) in [5.74, 6) is 1.81. The molecule has 0 fully saturated rings. The minimum Gasteiger partial charge on any atom is -0.492 e. The van der Waals surface area contributed by atoms with Gasteiger partial charge in [0.25, 0.3) is 0 Å². The Morgan fingerprint density at radius 3 is 2.38 bits per heavy atom. The van der Waals surface area contributed by atoms with Gasteiger partial charge in [0.1, 0.15) is 0 Å². The van der Waals surface area contributed by atoms with Crippen LogP contribution >= 0.6 is 0 Å². The molecule has 0 saturated heterocycles. The largest absolute Gasteiger partial charge is 0.492 e. The van der Waals surface area contributed by atoms with E-state index in [2.05, 4.69) is 58.2 Å². The average molecular weight is 458 g/mol. The van der Waals surface area contributed by atoms with Crippen molar-refractivity contribution in [2.24, 2.45) is 0 Å². The van der Waals surface area contributed by atoms with Gasteiger partial charge >= 0.3 is 0 Å². The zero-order valence-electron chi connectivity index (χ0n) is 19.4. The molecular weight excluding hydrogens is 430 g/mol. The predicted octanol–water partition coefficient (Wildman–Crippen LogP) is 4.55. The maximum absolute atomic E-state index is 13.2. The Kier molecular flexibility index (Phi) is 5.07. The van der Waals surface area contributed by atoms with Gasteiger partial charge in [0.05, 0.1) is 12.8 Å². The molecule has 0 bridgehead atoms. The van der Waals surface area contributed by atoms with Crippen LogP contribution in [-0.4, -0.2) is 42.9 Å². The second-order valence-corrected chi connectivity index (χ2v) is 8.90. The third kappa shape index (κ3) is 3.27. The van der Waals surface area contributed by atoms with Crippen LogP contribution in [0.25, 0.3) is 21.8 Å². The lowest BCUT2D eigenvalue weighted by Gasteiger charge is -2.29. The Hall–Kier alpha value is -3.71. The number of likely N-dealkylation sites (N-methyl/N-ethyl adjacent to an activating group) is 1. The third-order valence-corrected chi connectivity index (χ3v) is 6.87. The quantitative estimate of drug-likeness (QED) is 0.476. The van der Waals surface area contributed by atoms with Gasteiger partial charge < -0.3 is 29.0 Å². The van der Waals surface area contributed by atoms with E-state index in [1.54, 1.807) is 7.11 Å². The SMILES string of the molecule is COc1c2c(c(NC(=O)CCn3c4ccccc4c4ccccc43)c3c1OCO3)CCN(C)C2. The summed E-state index contributed by atoms with van der Waals surface area (Å²) in [5, 5.41) is 5.57. The van der Waals surface area contributed by atoms with Crippen molar-refractivity contribution in [2.75, 3.05) is 32.8 Å². The van der Waals surface area contributed by atoms with E-state index >= 15 is 0 Å². The van der Waals surface area contributed by atoms with Gasteiger partial charge in [0.15, 0.2) is 11.5 Å². The van der Waals surface area contributed by atoms with Gasteiger partial charge in [-0.15, -0.1) is 0 Å². The number of benzene rings is 3. The lowest BCUT2D eigenvalue weighted by atomic mass is 9.95. The van der Waals surface area contributed by atoms with E-state index in [1.807, 2.05) is 12.1 Å². The Balaban J connectivity index is 1.32. The van der Waals surface area contributed by atoms with Crippen molar-refractivity contribution in [1.29, 1.82) is 0 Å².